The molecule has 0 unspecified atom stereocenters. The van der Waals surface area contributed by atoms with E-state index in [1.165, 1.54) is 0 Å². The third-order valence-electron chi connectivity index (χ3n) is 4.67. The van der Waals surface area contributed by atoms with Crippen molar-refractivity contribution in [2.75, 3.05) is 5.32 Å². The molecule has 0 atom stereocenters. The van der Waals surface area contributed by atoms with Gasteiger partial charge in [-0.3, -0.25) is 9.59 Å². The first-order valence-corrected chi connectivity index (χ1v) is 9.08. The number of hydrogen-bond acceptors (Lipinski definition) is 3. The summed E-state index contributed by atoms with van der Waals surface area (Å²) in [4.78, 5) is 25.0. The van der Waals surface area contributed by atoms with Crippen molar-refractivity contribution in [3.8, 4) is 0 Å². The molecular formula is C24H19NO3. The fourth-order valence-corrected chi connectivity index (χ4v) is 3.23. The number of hydrogen-bond donors (Lipinski definition) is 1. The lowest BCUT2D eigenvalue weighted by Crippen LogP contribution is -2.14. The predicted molar refractivity (Wildman–Crippen MR) is 110 cm³/mol. The second kappa shape index (κ2) is 7.53. The molecule has 4 rings (SSSR count). The third-order valence-corrected chi connectivity index (χ3v) is 4.67. The molecule has 4 heteroatoms. The van der Waals surface area contributed by atoms with E-state index in [2.05, 4.69) is 5.32 Å². The summed E-state index contributed by atoms with van der Waals surface area (Å²) in [5.41, 5.74) is 3.55. The van der Waals surface area contributed by atoms with Gasteiger partial charge in [-0.15, -0.1) is 0 Å². The van der Waals surface area contributed by atoms with E-state index in [1.807, 2.05) is 67.6 Å². The number of aryl methyl sites for hydroxylation is 1. The minimum Gasteiger partial charge on any atom is -0.452 e. The normalized spacial score (nSPS) is 10.8. The van der Waals surface area contributed by atoms with Crippen LogP contribution in [0.1, 0.15) is 27.2 Å². The molecule has 0 spiro atoms. The molecule has 0 aliphatic rings. The lowest BCUT2D eigenvalue weighted by Gasteiger charge is -2.05. The monoisotopic (exact) mass is 369 g/mol. The summed E-state index contributed by atoms with van der Waals surface area (Å²) in [7, 11) is 0. The maximum absolute atomic E-state index is 12.7. The van der Waals surface area contributed by atoms with Crippen molar-refractivity contribution in [3.63, 3.8) is 0 Å². The van der Waals surface area contributed by atoms with Crippen LogP contribution in [-0.4, -0.2) is 11.7 Å². The summed E-state index contributed by atoms with van der Waals surface area (Å²) in [5, 5.41) is 3.75. The molecule has 1 aromatic heterocycles. The lowest BCUT2D eigenvalue weighted by molar-refractivity contribution is -0.115. The summed E-state index contributed by atoms with van der Waals surface area (Å²) < 4.78 is 5.85. The minimum atomic E-state index is -0.149. The number of furan rings is 1. The van der Waals surface area contributed by atoms with Crippen molar-refractivity contribution in [3.05, 3.63) is 101 Å². The quantitative estimate of drug-likeness (QED) is 0.495. The topological polar surface area (TPSA) is 59.3 Å². The van der Waals surface area contributed by atoms with Crippen molar-refractivity contribution in [1.82, 2.24) is 0 Å². The van der Waals surface area contributed by atoms with Gasteiger partial charge in [0.2, 0.25) is 11.7 Å². The number of amides is 1. The van der Waals surface area contributed by atoms with Crippen LogP contribution in [0.4, 0.5) is 5.69 Å². The second-order valence-corrected chi connectivity index (χ2v) is 6.67. The van der Waals surface area contributed by atoms with Crippen molar-refractivity contribution < 1.29 is 14.0 Å². The van der Waals surface area contributed by atoms with Crippen LogP contribution < -0.4 is 5.32 Å². The van der Waals surface area contributed by atoms with E-state index in [0.717, 1.165) is 16.5 Å². The van der Waals surface area contributed by atoms with Crippen LogP contribution in [0.3, 0.4) is 0 Å². The van der Waals surface area contributed by atoms with Crippen molar-refractivity contribution in [2.45, 2.75) is 13.3 Å². The van der Waals surface area contributed by atoms with Gasteiger partial charge in [-0.05, 0) is 24.6 Å². The van der Waals surface area contributed by atoms with Crippen LogP contribution in [0.5, 0.6) is 0 Å². The van der Waals surface area contributed by atoms with Crippen LogP contribution in [0.15, 0.2) is 83.3 Å². The first kappa shape index (κ1) is 17.7. The molecule has 3 aromatic carbocycles. The number of fused-ring (bicyclic) bond motifs is 1. The molecule has 0 radical (unpaired) electrons. The molecule has 0 saturated carbocycles. The Bertz CT molecular complexity index is 1140. The SMILES string of the molecule is Cc1c(C(=O)c2ccccc2)oc2cc(NC(=O)Cc3ccccc3)ccc12. The van der Waals surface area contributed by atoms with E-state index in [9.17, 15) is 9.59 Å². The Morgan fingerprint density at radius 2 is 1.57 bits per heavy atom. The molecule has 0 bridgehead atoms. The smallest absolute Gasteiger partial charge is 0.228 e. The van der Waals surface area contributed by atoms with Crippen LogP contribution >= 0.6 is 0 Å². The van der Waals surface area contributed by atoms with Gasteiger partial charge in [0.05, 0.1) is 6.42 Å². The summed E-state index contributed by atoms with van der Waals surface area (Å²) in [6.45, 7) is 1.87. The number of nitrogens with one attached hydrogen (secondary N) is 1. The Hall–Kier alpha value is -3.66. The van der Waals surface area contributed by atoms with Gasteiger partial charge >= 0.3 is 0 Å². The summed E-state index contributed by atoms with van der Waals surface area (Å²) in [6, 6.07) is 24.1. The van der Waals surface area contributed by atoms with Crippen molar-refractivity contribution in [1.29, 1.82) is 0 Å². The maximum atomic E-state index is 12.7. The Kier molecular flexibility index (Phi) is 4.77. The Labute approximate surface area is 162 Å². The Balaban J connectivity index is 1.58. The number of carbonyl (C=O) groups excluding carboxylic acids is 2. The molecule has 28 heavy (non-hydrogen) atoms. The fraction of sp³-hybridized carbons (Fsp3) is 0.0833. The Morgan fingerprint density at radius 3 is 2.29 bits per heavy atom. The van der Waals surface area contributed by atoms with E-state index in [0.29, 0.717) is 29.0 Å². The van der Waals surface area contributed by atoms with E-state index in [-0.39, 0.29) is 11.7 Å². The molecule has 0 aliphatic carbocycles. The maximum Gasteiger partial charge on any atom is 0.228 e. The van der Waals surface area contributed by atoms with Gasteiger partial charge in [0, 0.05) is 28.3 Å². The molecule has 1 heterocycles. The van der Waals surface area contributed by atoms with Crippen LogP contribution in [0, 0.1) is 6.92 Å². The first-order valence-electron chi connectivity index (χ1n) is 9.08. The van der Waals surface area contributed by atoms with E-state index < -0.39 is 0 Å². The van der Waals surface area contributed by atoms with Gasteiger partial charge in [-0.2, -0.15) is 0 Å². The van der Waals surface area contributed by atoms with E-state index >= 15 is 0 Å². The third kappa shape index (κ3) is 3.58. The summed E-state index contributed by atoms with van der Waals surface area (Å²) in [6.07, 6.45) is 0.299. The van der Waals surface area contributed by atoms with Gasteiger partial charge in [-0.25, -0.2) is 0 Å². The molecule has 4 nitrogen and oxygen atoms in total. The van der Waals surface area contributed by atoms with Gasteiger partial charge in [-0.1, -0.05) is 60.7 Å². The minimum absolute atomic E-state index is 0.102. The number of anilines is 1. The molecule has 138 valence electrons. The molecule has 0 saturated heterocycles. The van der Waals surface area contributed by atoms with Crippen molar-refractivity contribution in [2.24, 2.45) is 0 Å². The standard InChI is InChI=1S/C24H19NO3/c1-16-20-13-12-19(25-22(26)14-17-8-4-2-5-9-17)15-21(20)28-24(16)23(27)18-10-6-3-7-11-18/h2-13,15H,14H2,1H3,(H,25,26). The first-order chi connectivity index (χ1) is 13.6. The van der Waals surface area contributed by atoms with Gasteiger partial charge in [0.15, 0.2) is 5.76 Å². The molecular weight excluding hydrogens is 350 g/mol. The zero-order valence-corrected chi connectivity index (χ0v) is 15.4. The summed E-state index contributed by atoms with van der Waals surface area (Å²) in [5.74, 6) is 0.0762. The van der Waals surface area contributed by atoms with Gasteiger partial charge < -0.3 is 9.73 Å². The second-order valence-electron chi connectivity index (χ2n) is 6.67. The summed E-state index contributed by atoms with van der Waals surface area (Å²) >= 11 is 0. The average Bonchev–Trinajstić information content (AvgIpc) is 3.04. The van der Waals surface area contributed by atoms with E-state index in [4.69, 9.17) is 4.42 Å². The lowest BCUT2D eigenvalue weighted by atomic mass is 10.0. The van der Waals surface area contributed by atoms with Gasteiger partial charge in [0.25, 0.3) is 0 Å². The van der Waals surface area contributed by atoms with Crippen molar-refractivity contribution >= 4 is 28.3 Å². The van der Waals surface area contributed by atoms with Crippen LogP contribution in [0.25, 0.3) is 11.0 Å². The number of carbonyl (C=O) groups is 2. The zero-order valence-electron chi connectivity index (χ0n) is 15.4. The zero-order chi connectivity index (χ0) is 19.5. The van der Waals surface area contributed by atoms with Gasteiger partial charge in [0.1, 0.15) is 5.58 Å². The average molecular weight is 369 g/mol. The van der Waals surface area contributed by atoms with E-state index in [1.54, 1.807) is 18.2 Å². The highest BCUT2D eigenvalue weighted by molar-refractivity contribution is 6.10. The molecule has 0 fully saturated rings. The molecule has 1 amide bonds. The molecule has 0 aliphatic heterocycles. The molecule has 1 N–H and O–H groups in total. The fourth-order valence-electron chi connectivity index (χ4n) is 3.23. The van der Waals surface area contributed by atoms with Crippen LogP contribution in [-0.2, 0) is 11.2 Å². The highest BCUT2D eigenvalue weighted by Gasteiger charge is 2.19. The largest absolute Gasteiger partial charge is 0.452 e. The predicted octanol–water partition coefficient (Wildman–Crippen LogP) is 5.15. The highest BCUT2D eigenvalue weighted by atomic mass is 16.3. The number of rotatable bonds is 5. The van der Waals surface area contributed by atoms with Crippen LogP contribution in [0.2, 0.25) is 0 Å². The Morgan fingerprint density at radius 1 is 0.893 bits per heavy atom. The molecule has 4 aromatic rings. The highest BCUT2D eigenvalue weighted by Crippen LogP contribution is 2.29. The number of benzene rings is 3. The number of ketones is 1.